The van der Waals surface area contributed by atoms with E-state index in [0.717, 1.165) is 40.0 Å². The van der Waals surface area contributed by atoms with Gasteiger partial charge in [-0.3, -0.25) is 4.98 Å². The molecular weight excluding hydrogens is 552 g/mol. The third-order valence-corrected chi connectivity index (χ3v) is 9.24. The summed E-state index contributed by atoms with van der Waals surface area (Å²) in [6, 6.07) is 13.2. The molecule has 1 unspecified atom stereocenters. The molecule has 0 spiro atoms. The van der Waals surface area contributed by atoms with Gasteiger partial charge in [0.05, 0.1) is 21.3 Å². The van der Waals surface area contributed by atoms with Crippen molar-refractivity contribution in [1.82, 2.24) is 23.9 Å². The number of anilines is 1. The second-order valence-electron chi connectivity index (χ2n) is 10.5. The highest BCUT2D eigenvalue weighted by Gasteiger charge is 2.32. The first-order valence-corrected chi connectivity index (χ1v) is 14.6. The number of sulfonamides is 1. The molecule has 4 heterocycles. The number of piperidine rings is 1. The summed E-state index contributed by atoms with van der Waals surface area (Å²) in [5, 5.41) is 7.91. The van der Waals surface area contributed by atoms with Gasteiger partial charge in [-0.15, -0.1) is 0 Å². The molecule has 1 atom stereocenters. The molecule has 10 heteroatoms. The molecular formula is C27H31BrN6O2S. The van der Waals surface area contributed by atoms with Gasteiger partial charge in [0.2, 0.25) is 10.0 Å². The summed E-state index contributed by atoms with van der Waals surface area (Å²) >= 11 is 3.56. The van der Waals surface area contributed by atoms with Crippen molar-refractivity contribution in [2.24, 2.45) is 0 Å². The number of nitrogens with zero attached hydrogens (tertiary/aromatic N) is 5. The van der Waals surface area contributed by atoms with Crippen LogP contribution in [-0.2, 0) is 22.0 Å². The van der Waals surface area contributed by atoms with Gasteiger partial charge in [-0.1, -0.05) is 39.0 Å². The summed E-state index contributed by atoms with van der Waals surface area (Å²) in [5.41, 5.74) is 3.67. The monoisotopic (exact) mass is 582 g/mol. The molecule has 4 aromatic rings. The maximum Gasteiger partial charge on any atom is 0.243 e. The van der Waals surface area contributed by atoms with Crippen LogP contribution in [0.4, 0.5) is 5.82 Å². The highest BCUT2D eigenvalue weighted by molar-refractivity contribution is 9.10. The van der Waals surface area contributed by atoms with Crippen molar-refractivity contribution in [2.45, 2.75) is 56.4 Å². The zero-order valence-corrected chi connectivity index (χ0v) is 23.6. The van der Waals surface area contributed by atoms with Gasteiger partial charge in [-0.05, 0) is 63.5 Å². The average Bonchev–Trinajstić information content (AvgIpc) is 3.28. The summed E-state index contributed by atoms with van der Waals surface area (Å²) < 4.78 is 31.2. The van der Waals surface area contributed by atoms with Crippen LogP contribution in [0.5, 0.6) is 0 Å². The number of nitrogens with one attached hydrogen (secondary N) is 1. The molecule has 37 heavy (non-hydrogen) atoms. The van der Waals surface area contributed by atoms with E-state index in [9.17, 15) is 8.42 Å². The van der Waals surface area contributed by atoms with Crippen molar-refractivity contribution in [3.8, 4) is 0 Å². The largest absolute Gasteiger partial charge is 0.366 e. The molecule has 8 nitrogen and oxygen atoms in total. The Hall–Kier alpha value is -2.82. The normalized spacial score (nSPS) is 17.2. The summed E-state index contributed by atoms with van der Waals surface area (Å²) in [5.74, 6) is 0.774. The van der Waals surface area contributed by atoms with E-state index in [-0.39, 0.29) is 11.3 Å². The van der Waals surface area contributed by atoms with E-state index >= 15 is 0 Å². The van der Waals surface area contributed by atoms with Crippen molar-refractivity contribution in [3.05, 3.63) is 82.3 Å². The predicted octanol–water partition coefficient (Wildman–Crippen LogP) is 5.36. The Kier molecular flexibility index (Phi) is 7.08. The molecule has 3 aromatic heterocycles. The number of fused-ring (bicyclic) bond motifs is 1. The fraction of sp³-hybridized carbons (Fsp3) is 0.370. The Morgan fingerprint density at radius 1 is 1.14 bits per heavy atom. The minimum absolute atomic E-state index is 0.0249. The summed E-state index contributed by atoms with van der Waals surface area (Å²) in [4.78, 5) is 9.40. The smallest absolute Gasteiger partial charge is 0.243 e. The van der Waals surface area contributed by atoms with Crippen LogP contribution in [0.3, 0.4) is 0 Å². The van der Waals surface area contributed by atoms with Gasteiger partial charge in [0.1, 0.15) is 5.82 Å². The molecule has 1 fully saturated rings. The SMILES string of the molecule is CC(C)(C)c1ccc(S(=O)(=O)N2CCCC(c3cc(NCc4cccnc4)n4ncc(Br)c4n3)C2)cc1. The van der Waals surface area contributed by atoms with Crippen molar-refractivity contribution in [2.75, 3.05) is 18.4 Å². The maximum atomic E-state index is 13.5. The quantitative estimate of drug-likeness (QED) is 0.329. The van der Waals surface area contributed by atoms with Crippen molar-refractivity contribution >= 4 is 37.4 Å². The molecule has 1 aliphatic heterocycles. The second kappa shape index (κ2) is 10.2. The zero-order chi connectivity index (χ0) is 26.2. The number of aromatic nitrogens is 4. The molecule has 1 aliphatic rings. The molecule has 5 rings (SSSR count). The summed E-state index contributed by atoms with van der Waals surface area (Å²) in [7, 11) is -3.61. The van der Waals surface area contributed by atoms with E-state index in [1.54, 1.807) is 33.3 Å². The highest BCUT2D eigenvalue weighted by Crippen LogP contribution is 2.33. The molecule has 0 saturated carbocycles. The van der Waals surface area contributed by atoms with E-state index < -0.39 is 10.0 Å². The van der Waals surface area contributed by atoms with Crippen LogP contribution >= 0.6 is 15.9 Å². The van der Waals surface area contributed by atoms with Gasteiger partial charge in [0.25, 0.3) is 0 Å². The standard InChI is InChI=1S/C27H31BrN6O2S/c1-27(2,3)21-8-10-22(11-9-21)37(35,36)33-13-5-7-20(18-33)24-14-25(30-16-19-6-4-12-29-15-19)34-26(32-24)23(28)17-31-34/h4,6,8-12,14-15,17,20,30H,5,7,13,16,18H2,1-3H3. The first kappa shape index (κ1) is 25.8. The van der Waals surface area contributed by atoms with Crippen LogP contribution < -0.4 is 5.32 Å². The first-order valence-electron chi connectivity index (χ1n) is 12.4. The number of hydrogen-bond acceptors (Lipinski definition) is 6. The lowest BCUT2D eigenvalue weighted by molar-refractivity contribution is 0.313. The van der Waals surface area contributed by atoms with Crippen molar-refractivity contribution in [1.29, 1.82) is 0 Å². The maximum absolute atomic E-state index is 13.5. The third-order valence-electron chi connectivity index (χ3n) is 6.81. The van der Waals surface area contributed by atoms with E-state index in [1.165, 1.54) is 0 Å². The average molecular weight is 584 g/mol. The van der Waals surface area contributed by atoms with Crippen LogP contribution in [-0.4, -0.2) is 45.4 Å². The van der Waals surface area contributed by atoms with E-state index in [4.69, 9.17) is 4.98 Å². The molecule has 1 saturated heterocycles. The molecule has 0 aliphatic carbocycles. The Labute approximate surface area is 226 Å². The van der Waals surface area contributed by atoms with Crippen LogP contribution in [0, 0.1) is 0 Å². The number of hydrogen-bond donors (Lipinski definition) is 1. The first-order chi connectivity index (χ1) is 17.6. The van der Waals surface area contributed by atoms with Gasteiger partial charge in [0, 0.05) is 44.0 Å². The van der Waals surface area contributed by atoms with Gasteiger partial charge < -0.3 is 5.32 Å². The van der Waals surface area contributed by atoms with Crippen LogP contribution in [0.2, 0.25) is 0 Å². The van der Waals surface area contributed by atoms with Gasteiger partial charge in [-0.2, -0.15) is 13.9 Å². The minimum atomic E-state index is -3.61. The predicted molar refractivity (Wildman–Crippen MR) is 148 cm³/mol. The molecule has 0 bridgehead atoms. The summed E-state index contributed by atoms with van der Waals surface area (Å²) in [6.07, 6.45) is 6.93. The fourth-order valence-corrected chi connectivity index (χ4v) is 6.54. The van der Waals surface area contributed by atoms with Crippen molar-refractivity contribution < 1.29 is 8.42 Å². The van der Waals surface area contributed by atoms with Crippen LogP contribution in [0.15, 0.2) is 70.4 Å². The Bertz CT molecular complexity index is 1500. The van der Waals surface area contributed by atoms with E-state index in [2.05, 4.69) is 52.1 Å². The summed E-state index contributed by atoms with van der Waals surface area (Å²) in [6.45, 7) is 7.83. The Morgan fingerprint density at radius 2 is 1.92 bits per heavy atom. The van der Waals surface area contributed by atoms with E-state index in [1.807, 2.05) is 36.5 Å². The van der Waals surface area contributed by atoms with Gasteiger partial charge >= 0.3 is 0 Å². The molecule has 0 amide bonds. The molecule has 1 N–H and O–H groups in total. The number of rotatable bonds is 6. The Morgan fingerprint density at radius 3 is 2.62 bits per heavy atom. The Balaban J connectivity index is 1.41. The lowest BCUT2D eigenvalue weighted by Gasteiger charge is -2.32. The van der Waals surface area contributed by atoms with Crippen LogP contribution in [0.25, 0.3) is 5.65 Å². The highest BCUT2D eigenvalue weighted by atomic mass is 79.9. The molecule has 194 valence electrons. The molecule has 0 radical (unpaired) electrons. The number of pyridine rings is 1. The van der Waals surface area contributed by atoms with Crippen LogP contribution in [0.1, 0.15) is 56.4 Å². The van der Waals surface area contributed by atoms with Gasteiger partial charge in [-0.25, -0.2) is 13.4 Å². The lowest BCUT2D eigenvalue weighted by atomic mass is 9.87. The minimum Gasteiger partial charge on any atom is -0.366 e. The fourth-order valence-electron chi connectivity index (χ4n) is 4.66. The lowest BCUT2D eigenvalue weighted by Crippen LogP contribution is -2.39. The molecule has 1 aromatic carbocycles. The number of benzene rings is 1. The third kappa shape index (κ3) is 5.42. The van der Waals surface area contributed by atoms with Crippen molar-refractivity contribution in [3.63, 3.8) is 0 Å². The number of halogens is 1. The zero-order valence-electron chi connectivity index (χ0n) is 21.2. The topological polar surface area (TPSA) is 92.5 Å². The van der Waals surface area contributed by atoms with E-state index in [0.29, 0.717) is 30.2 Å². The second-order valence-corrected chi connectivity index (χ2v) is 13.3. The van der Waals surface area contributed by atoms with Gasteiger partial charge in [0.15, 0.2) is 5.65 Å².